The molecule has 2 N–H and O–H groups in total. The molecule has 0 amide bonds. The maximum atomic E-state index is 10.0. The molecule has 15 heavy (non-hydrogen) atoms. The summed E-state index contributed by atoms with van der Waals surface area (Å²) in [5, 5.41) is 15.8. The van der Waals surface area contributed by atoms with Gasteiger partial charge in [0.05, 0.1) is 19.1 Å². The monoisotopic (exact) mass is 216 g/mol. The van der Waals surface area contributed by atoms with Crippen molar-refractivity contribution >= 4 is 17.9 Å². The first-order valence-electron chi connectivity index (χ1n) is 3.81. The largest absolute Gasteiger partial charge is 0.481 e. The van der Waals surface area contributed by atoms with Gasteiger partial charge in [-0.3, -0.25) is 9.59 Å². The van der Waals surface area contributed by atoms with Crippen molar-refractivity contribution in [2.75, 3.05) is 0 Å². The van der Waals surface area contributed by atoms with Crippen LogP contribution >= 0.6 is 0 Å². The third-order valence-electron chi connectivity index (χ3n) is 0.919. The van der Waals surface area contributed by atoms with Crippen molar-refractivity contribution in [3.05, 3.63) is 25.5 Å². The summed E-state index contributed by atoms with van der Waals surface area (Å²) in [5.41, 5.74) is 0. The highest BCUT2D eigenvalue weighted by Crippen LogP contribution is 1.86. The summed E-state index contributed by atoms with van der Waals surface area (Å²) in [6.07, 6.45) is 1.54. The first kappa shape index (κ1) is 15.4. The van der Waals surface area contributed by atoms with Crippen molar-refractivity contribution in [3.8, 4) is 0 Å². The van der Waals surface area contributed by atoms with Crippen LogP contribution in [0, 0.1) is 0 Å². The topological polar surface area (TPSA) is 101 Å². The fourth-order valence-corrected chi connectivity index (χ4v) is 0.344. The lowest BCUT2D eigenvalue weighted by atomic mass is 10.3. The average Bonchev–Trinajstić information content (AvgIpc) is 2.16. The van der Waals surface area contributed by atoms with Gasteiger partial charge in [-0.1, -0.05) is 13.2 Å². The van der Waals surface area contributed by atoms with Gasteiger partial charge in [-0.15, -0.1) is 0 Å². The zero-order valence-electron chi connectivity index (χ0n) is 8.01. The second-order valence-electron chi connectivity index (χ2n) is 2.10. The van der Waals surface area contributed by atoms with E-state index in [1.807, 2.05) is 0 Å². The first-order valence-corrected chi connectivity index (χ1v) is 3.81. The molecule has 0 fully saturated rings. The van der Waals surface area contributed by atoms with Crippen LogP contribution < -0.4 is 0 Å². The first-order chi connectivity index (χ1) is 6.93. The van der Waals surface area contributed by atoms with Gasteiger partial charge in [-0.25, -0.2) is 4.79 Å². The van der Waals surface area contributed by atoms with E-state index in [0.29, 0.717) is 0 Å². The SMILES string of the molecule is C=COC(=O)C=C.O=C(O)CCC(=O)O. The summed E-state index contributed by atoms with van der Waals surface area (Å²) in [6.45, 7) is 6.31. The Bertz CT molecular complexity index is 241. The van der Waals surface area contributed by atoms with Gasteiger partial charge < -0.3 is 14.9 Å². The van der Waals surface area contributed by atoms with Crippen molar-refractivity contribution in [1.29, 1.82) is 0 Å². The predicted molar refractivity (Wildman–Crippen MR) is 51.0 cm³/mol. The maximum absolute atomic E-state index is 10.0. The Morgan fingerprint density at radius 3 is 1.60 bits per heavy atom. The molecule has 0 bridgehead atoms. The second kappa shape index (κ2) is 9.97. The molecule has 0 atom stereocenters. The van der Waals surface area contributed by atoms with Crippen molar-refractivity contribution in [3.63, 3.8) is 0 Å². The third-order valence-corrected chi connectivity index (χ3v) is 0.919. The molecule has 6 nitrogen and oxygen atoms in total. The van der Waals surface area contributed by atoms with Crippen LogP contribution in [0.15, 0.2) is 25.5 Å². The number of hydrogen-bond donors (Lipinski definition) is 2. The van der Waals surface area contributed by atoms with Crippen molar-refractivity contribution < 1.29 is 29.3 Å². The Balaban J connectivity index is 0. The summed E-state index contributed by atoms with van der Waals surface area (Å²) in [5.74, 6) is -2.63. The number of aliphatic carboxylic acids is 2. The molecule has 0 aromatic rings. The van der Waals surface area contributed by atoms with Gasteiger partial charge in [0.1, 0.15) is 0 Å². The highest BCUT2D eigenvalue weighted by Gasteiger charge is 2.00. The van der Waals surface area contributed by atoms with Crippen LogP contribution in [0.5, 0.6) is 0 Å². The average molecular weight is 216 g/mol. The summed E-state index contributed by atoms with van der Waals surface area (Å²) in [7, 11) is 0. The molecule has 0 radical (unpaired) electrons. The normalized spacial score (nSPS) is 7.73. The molecule has 0 spiro atoms. The van der Waals surface area contributed by atoms with Crippen molar-refractivity contribution in [2.45, 2.75) is 12.8 Å². The smallest absolute Gasteiger partial charge is 0.334 e. The zero-order valence-corrected chi connectivity index (χ0v) is 8.01. The molecule has 0 saturated carbocycles. The molecular formula is C9H12O6. The molecule has 6 heteroatoms. The van der Waals surface area contributed by atoms with Crippen LogP contribution in [0.3, 0.4) is 0 Å². The minimum atomic E-state index is -1.08. The van der Waals surface area contributed by atoms with E-state index in [1.165, 1.54) is 0 Å². The molecular weight excluding hydrogens is 204 g/mol. The molecule has 84 valence electrons. The Hall–Kier alpha value is -2.11. The number of carbonyl (C=O) groups excluding carboxylic acids is 1. The van der Waals surface area contributed by atoms with E-state index in [9.17, 15) is 14.4 Å². The highest BCUT2D eigenvalue weighted by atomic mass is 16.5. The molecule has 0 aromatic heterocycles. The van der Waals surface area contributed by atoms with E-state index >= 15 is 0 Å². The Morgan fingerprint density at radius 1 is 1.07 bits per heavy atom. The quantitative estimate of drug-likeness (QED) is 0.400. The fourth-order valence-electron chi connectivity index (χ4n) is 0.344. The fraction of sp³-hybridized carbons (Fsp3) is 0.222. The lowest BCUT2D eigenvalue weighted by molar-refractivity contribution is -0.143. The second-order valence-corrected chi connectivity index (χ2v) is 2.10. The van der Waals surface area contributed by atoms with Crippen molar-refractivity contribution in [1.82, 2.24) is 0 Å². The number of ether oxygens (including phenoxy) is 1. The van der Waals surface area contributed by atoms with Crippen LogP contribution in [-0.2, 0) is 19.1 Å². The number of carboxylic acids is 2. The summed E-state index contributed by atoms with van der Waals surface area (Å²) in [6, 6.07) is 0. The molecule has 0 aliphatic heterocycles. The maximum Gasteiger partial charge on any atom is 0.334 e. The van der Waals surface area contributed by atoms with E-state index in [1.54, 1.807) is 0 Å². The van der Waals surface area contributed by atoms with Gasteiger partial charge in [0.2, 0.25) is 0 Å². The number of rotatable bonds is 5. The molecule has 0 aromatic carbocycles. The number of esters is 1. The standard InChI is InChI=1S/C5H6O2.C4H6O4/c1-3-5(6)7-4-2;5-3(6)1-2-4(7)8/h3-4H,1-2H2;1-2H2,(H,5,6)(H,7,8). The summed E-state index contributed by atoms with van der Waals surface area (Å²) >= 11 is 0. The van der Waals surface area contributed by atoms with Crippen LogP contribution in [0.1, 0.15) is 12.8 Å². The summed E-state index contributed by atoms with van der Waals surface area (Å²) in [4.78, 5) is 29.3. The van der Waals surface area contributed by atoms with E-state index in [-0.39, 0.29) is 12.8 Å². The summed E-state index contributed by atoms with van der Waals surface area (Å²) < 4.78 is 4.20. The van der Waals surface area contributed by atoms with Crippen molar-refractivity contribution in [2.24, 2.45) is 0 Å². The van der Waals surface area contributed by atoms with E-state index in [2.05, 4.69) is 17.9 Å². The van der Waals surface area contributed by atoms with Gasteiger partial charge in [-0.2, -0.15) is 0 Å². The molecule has 0 aliphatic carbocycles. The van der Waals surface area contributed by atoms with E-state index < -0.39 is 17.9 Å². The van der Waals surface area contributed by atoms with Crippen LogP contribution in [0.4, 0.5) is 0 Å². The predicted octanol–water partition coefficient (Wildman–Crippen LogP) is 0.795. The molecule has 0 rings (SSSR count). The minimum absolute atomic E-state index is 0.296. The lowest BCUT2D eigenvalue weighted by Gasteiger charge is -1.85. The minimum Gasteiger partial charge on any atom is -0.481 e. The highest BCUT2D eigenvalue weighted by molar-refractivity contribution is 5.81. The molecule has 0 unspecified atom stereocenters. The van der Waals surface area contributed by atoms with Gasteiger partial charge in [0.25, 0.3) is 0 Å². The van der Waals surface area contributed by atoms with Gasteiger partial charge in [0.15, 0.2) is 0 Å². The van der Waals surface area contributed by atoms with Crippen LogP contribution in [-0.4, -0.2) is 28.1 Å². The van der Waals surface area contributed by atoms with Gasteiger partial charge >= 0.3 is 17.9 Å². The van der Waals surface area contributed by atoms with Crippen LogP contribution in [0.25, 0.3) is 0 Å². The van der Waals surface area contributed by atoms with Crippen LogP contribution in [0.2, 0.25) is 0 Å². The van der Waals surface area contributed by atoms with Gasteiger partial charge in [-0.05, 0) is 0 Å². The third kappa shape index (κ3) is 18.7. The molecule has 0 heterocycles. The Kier molecular flexibility index (Phi) is 10.2. The number of carbonyl (C=O) groups is 3. The van der Waals surface area contributed by atoms with E-state index in [0.717, 1.165) is 12.3 Å². The molecule has 0 aliphatic rings. The zero-order chi connectivity index (χ0) is 12.3. The number of hydrogen-bond acceptors (Lipinski definition) is 4. The lowest BCUT2D eigenvalue weighted by Crippen LogP contribution is -2.00. The Morgan fingerprint density at radius 2 is 1.47 bits per heavy atom. The Labute approximate surface area is 86.5 Å². The van der Waals surface area contributed by atoms with E-state index in [4.69, 9.17) is 10.2 Å². The molecule has 0 saturated heterocycles. The van der Waals surface area contributed by atoms with Gasteiger partial charge in [0, 0.05) is 6.08 Å². The number of carboxylic acid groups (broad SMARTS) is 2.